The number of rotatable bonds is 2. The first-order valence-electron chi connectivity index (χ1n) is 1.62. The van der Waals surface area contributed by atoms with Gasteiger partial charge in [0, 0.05) is 19.5 Å². The molecule has 1 N–H and O–H groups in total. The van der Waals surface area contributed by atoms with Gasteiger partial charge < -0.3 is 0 Å². The van der Waals surface area contributed by atoms with Crippen molar-refractivity contribution >= 4 is 10.1 Å². The summed E-state index contributed by atoms with van der Waals surface area (Å²) in [5, 5.41) is 0. The zero-order valence-corrected chi connectivity index (χ0v) is 8.15. The largest absolute Gasteiger partial charge is 0.285 e. The van der Waals surface area contributed by atoms with E-state index in [0.29, 0.717) is 0 Å². The van der Waals surface area contributed by atoms with Gasteiger partial charge in [0.1, 0.15) is 0 Å². The van der Waals surface area contributed by atoms with Crippen molar-refractivity contribution in [2.75, 3.05) is 5.75 Å². The van der Waals surface area contributed by atoms with E-state index in [9.17, 15) is 8.42 Å². The molecule has 0 aliphatic carbocycles. The van der Waals surface area contributed by atoms with E-state index in [1.807, 2.05) is 0 Å². The average Bonchev–Trinajstić information content (AvgIpc) is 1.30. The molecule has 8 heavy (non-hydrogen) atoms. The molecule has 0 bridgehead atoms. The van der Waals surface area contributed by atoms with E-state index < -0.39 is 10.1 Å². The first kappa shape index (κ1) is 11.1. The zero-order chi connectivity index (χ0) is 5.91. The van der Waals surface area contributed by atoms with Gasteiger partial charge in [0.05, 0.1) is 5.75 Å². The van der Waals surface area contributed by atoms with E-state index in [1.54, 1.807) is 0 Å². The molecular formula is C3H6O3SZn. The molecule has 0 saturated heterocycles. The van der Waals surface area contributed by atoms with Gasteiger partial charge in [-0.25, -0.2) is 0 Å². The molecule has 0 aliphatic heterocycles. The topological polar surface area (TPSA) is 54.4 Å². The Kier molecular flexibility index (Phi) is 5.81. The monoisotopic (exact) mass is 186 g/mol. The average molecular weight is 188 g/mol. The van der Waals surface area contributed by atoms with Crippen LogP contribution in [0.25, 0.3) is 0 Å². The third-order valence-corrected chi connectivity index (χ3v) is 0.985. The van der Waals surface area contributed by atoms with Crippen LogP contribution in [-0.4, -0.2) is 18.7 Å². The molecule has 0 radical (unpaired) electrons. The molecule has 0 aromatic heterocycles. The second-order valence-corrected chi connectivity index (χ2v) is 2.53. The van der Waals surface area contributed by atoms with Crippen molar-refractivity contribution in [3.05, 3.63) is 12.7 Å². The fraction of sp³-hybridized carbons (Fsp3) is 0.333. The van der Waals surface area contributed by atoms with Crippen LogP contribution in [0.1, 0.15) is 0 Å². The Labute approximate surface area is 61.3 Å². The minimum atomic E-state index is -3.79. The Morgan fingerprint density at radius 3 is 2.00 bits per heavy atom. The SMILES string of the molecule is C=CCS(=O)(=O)O.[Zn]. The molecule has 0 amide bonds. The Hall–Kier alpha value is 0.273. The van der Waals surface area contributed by atoms with Gasteiger partial charge >= 0.3 is 0 Å². The summed E-state index contributed by atoms with van der Waals surface area (Å²) in [4.78, 5) is 0. The molecule has 0 heterocycles. The number of hydrogen-bond acceptors (Lipinski definition) is 2. The molecule has 0 fully saturated rings. The Balaban J connectivity index is 0. The van der Waals surface area contributed by atoms with E-state index in [2.05, 4.69) is 6.58 Å². The molecule has 0 rings (SSSR count). The maximum Gasteiger partial charge on any atom is 0.268 e. The normalized spacial score (nSPS) is 9.62. The van der Waals surface area contributed by atoms with E-state index in [-0.39, 0.29) is 25.2 Å². The predicted octanol–water partition coefficient (Wildman–Crippen LogP) is 0.0577. The van der Waals surface area contributed by atoms with E-state index in [1.165, 1.54) is 0 Å². The van der Waals surface area contributed by atoms with Gasteiger partial charge in [-0.3, -0.25) is 4.55 Å². The van der Waals surface area contributed by atoms with Crippen LogP contribution in [0.15, 0.2) is 12.7 Å². The molecular weight excluding hydrogens is 181 g/mol. The van der Waals surface area contributed by atoms with Crippen molar-refractivity contribution in [1.29, 1.82) is 0 Å². The molecule has 0 unspecified atom stereocenters. The van der Waals surface area contributed by atoms with Gasteiger partial charge in [0.25, 0.3) is 10.1 Å². The molecule has 0 aromatic rings. The van der Waals surface area contributed by atoms with Crippen molar-refractivity contribution in [2.24, 2.45) is 0 Å². The van der Waals surface area contributed by atoms with Crippen LogP contribution in [0, 0.1) is 0 Å². The summed E-state index contributed by atoms with van der Waals surface area (Å²) in [5.41, 5.74) is 0. The summed E-state index contributed by atoms with van der Waals surface area (Å²) < 4.78 is 27.3. The number of hydrogen-bond donors (Lipinski definition) is 1. The van der Waals surface area contributed by atoms with Crippen LogP contribution >= 0.6 is 0 Å². The van der Waals surface area contributed by atoms with Gasteiger partial charge in [0.2, 0.25) is 0 Å². The van der Waals surface area contributed by atoms with Crippen molar-refractivity contribution < 1.29 is 32.4 Å². The predicted molar refractivity (Wildman–Crippen MR) is 26.6 cm³/mol. The van der Waals surface area contributed by atoms with E-state index in [4.69, 9.17) is 4.55 Å². The Bertz CT molecular complexity index is 148. The van der Waals surface area contributed by atoms with Gasteiger partial charge in [-0.05, 0) is 0 Å². The van der Waals surface area contributed by atoms with Crippen LogP contribution < -0.4 is 0 Å². The van der Waals surface area contributed by atoms with Crippen LogP contribution in [0.4, 0.5) is 0 Å². The molecule has 0 aliphatic rings. The fourth-order valence-corrected chi connectivity index (χ4v) is 0.447. The van der Waals surface area contributed by atoms with Crippen LogP contribution in [-0.2, 0) is 29.6 Å². The summed E-state index contributed by atoms with van der Waals surface area (Å²) in [6.45, 7) is 3.11. The maximum absolute atomic E-state index is 9.72. The minimum Gasteiger partial charge on any atom is -0.285 e. The molecule has 0 aromatic carbocycles. The molecule has 44 valence electrons. The van der Waals surface area contributed by atoms with Crippen molar-refractivity contribution in [3.63, 3.8) is 0 Å². The molecule has 0 saturated carbocycles. The molecule has 5 heteroatoms. The minimum absolute atomic E-state index is 0. The third kappa shape index (κ3) is 9.55. The summed E-state index contributed by atoms with van der Waals surface area (Å²) in [6, 6.07) is 0. The Morgan fingerprint density at radius 1 is 1.62 bits per heavy atom. The van der Waals surface area contributed by atoms with E-state index in [0.717, 1.165) is 6.08 Å². The smallest absolute Gasteiger partial charge is 0.268 e. The van der Waals surface area contributed by atoms with Crippen LogP contribution in [0.2, 0.25) is 0 Å². The summed E-state index contributed by atoms with van der Waals surface area (Å²) >= 11 is 0. The zero-order valence-electron chi connectivity index (χ0n) is 4.37. The van der Waals surface area contributed by atoms with E-state index >= 15 is 0 Å². The van der Waals surface area contributed by atoms with Gasteiger partial charge in [-0.1, -0.05) is 6.08 Å². The van der Waals surface area contributed by atoms with Gasteiger partial charge in [-0.2, -0.15) is 8.42 Å². The van der Waals surface area contributed by atoms with Crippen molar-refractivity contribution in [2.45, 2.75) is 0 Å². The van der Waals surface area contributed by atoms with Crippen LogP contribution in [0.5, 0.6) is 0 Å². The summed E-state index contributed by atoms with van der Waals surface area (Å²) in [6.07, 6.45) is 1.12. The first-order valence-corrected chi connectivity index (χ1v) is 3.23. The standard InChI is InChI=1S/C3H6O3S.Zn/c1-2-3-7(4,5)6;/h2H,1,3H2,(H,4,5,6);. The fourth-order valence-electron chi connectivity index (χ4n) is 0.149. The Morgan fingerprint density at radius 2 is 2.00 bits per heavy atom. The quantitative estimate of drug-likeness (QED) is 0.378. The van der Waals surface area contributed by atoms with Crippen molar-refractivity contribution in [3.8, 4) is 0 Å². The van der Waals surface area contributed by atoms with Crippen molar-refractivity contribution in [1.82, 2.24) is 0 Å². The first-order chi connectivity index (χ1) is 3.06. The second-order valence-electron chi connectivity index (χ2n) is 1.04. The molecule has 0 spiro atoms. The summed E-state index contributed by atoms with van der Waals surface area (Å²) in [7, 11) is -3.79. The van der Waals surface area contributed by atoms with Gasteiger partial charge in [0.15, 0.2) is 0 Å². The molecule has 3 nitrogen and oxygen atoms in total. The molecule has 0 atom stereocenters. The second kappa shape index (κ2) is 4.18. The van der Waals surface area contributed by atoms with Gasteiger partial charge in [-0.15, -0.1) is 6.58 Å². The maximum atomic E-state index is 9.72. The third-order valence-electron chi connectivity index (χ3n) is 0.328. The van der Waals surface area contributed by atoms with Crippen LogP contribution in [0.3, 0.4) is 0 Å². The summed E-state index contributed by atoms with van der Waals surface area (Å²) in [5.74, 6) is -0.368.